The Labute approximate surface area is 155 Å². The molecule has 1 aliphatic carbocycles. The van der Waals surface area contributed by atoms with E-state index in [1.54, 1.807) is 0 Å². The molecule has 0 amide bonds. The van der Waals surface area contributed by atoms with E-state index in [1.807, 2.05) is 24.3 Å². The predicted molar refractivity (Wildman–Crippen MR) is 95.4 cm³/mol. The van der Waals surface area contributed by atoms with Gasteiger partial charge >= 0.3 is 0 Å². The average Bonchev–Trinajstić information content (AvgIpc) is 3.33. The van der Waals surface area contributed by atoms with Crippen LogP contribution in [0.4, 0.5) is 4.39 Å². The quantitative estimate of drug-likeness (QED) is 0.500. The molecule has 0 spiro atoms. The van der Waals surface area contributed by atoms with Crippen LogP contribution in [0.15, 0.2) is 47.4 Å². The molecule has 0 unspecified atom stereocenters. The first-order valence-electron chi connectivity index (χ1n) is 7.75. The van der Waals surface area contributed by atoms with E-state index in [-0.39, 0.29) is 23.2 Å². The van der Waals surface area contributed by atoms with Crippen molar-refractivity contribution in [2.75, 3.05) is 0 Å². The van der Waals surface area contributed by atoms with Gasteiger partial charge < -0.3 is 0 Å². The molecule has 0 atom stereocenters. The number of rotatable bonds is 6. The molecule has 1 aliphatic rings. The normalized spacial score (nSPS) is 15.8. The first-order chi connectivity index (χ1) is 11.7. The van der Waals surface area contributed by atoms with Gasteiger partial charge in [0.05, 0.1) is 0 Å². The van der Waals surface area contributed by atoms with Crippen molar-refractivity contribution in [2.24, 2.45) is 0 Å². The minimum absolute atomic E-state index is 0.0157. The fourth-order valence-electron chi connectivity index (χ4n) is 3.01. The Bertz CT molecular complexity index is 920. The summed E-state index contributed by atoms with van der Waals surface area (Å²) in [6.07, 6.45) is 2.92. The molecule has 1 saturated carbocycles. The van der Waals surface area contributed by atoms with E-state index in [9.17, 15) is 17.6 Å². The van der Waals surface area contributed by atoms with Gasteiger partial charge in [0.15, 0.2) is 5.78 Å². The minimum atomic E-state index is -4.17. The highest BCUT2D eigenvalue weighted by molar-refractivity contribution is 8.13. The highest BCUT2D eigenvalue weighted by Crippen LogP contribution is 2.52. The zero-order chi connectivity index (χ0) is 18.2. The molecule has 0 heterocycles. The van der Waals surface area contributed by atoms with E-state index in [1.165, 1.54) is 6.07 Å². The van der Waals surface area contributed by atoms with Gasteiger partial charge in [-0.1, -0.05) is 23.7 Å². The summed E-state index contributed by atoms with van der Waals surface area (Å²) >= 11 is 5.91. The fraction of sp³-hybridized carbons (Fsp3) is 0.278. The van der Waals surface area contributed by atoms with Crippen molar-refractivity contribution in [3.8, 4) is 0 Å². The number of carbonyl (C=O) groups excluding carboxylic acids is 1. The van der Waals surface area contributed by atoms with Gasteiger partial charge in [0, 0.05) is 27.7 Å². The summed E-state index contributed by atoms with van der Waals surface area (Å²) < 4.78 is 36.3. The van der Waals surface area contributed by atoms with Crippen LogP contribution < -0.4 is 0 Å². The van der Waals surface area contributed by atoms with Crippen LogP contribution in [0.2, 0.25) is 5.02 Å². The summed E-state index contributed by atoms with van der Waals surface area (Å²) in [6.45, 7) is 0. The van der Waals surface area contributed by atoms with Gasteiger partial charge in [0.1, 0.15) is 10.7 Å². The third-order valence-corrected chi connectivity index (χ3v) is 6.26. The minimum Gasteiger partial charge on any atom is -0.294 e. The standard InChI is InChI=1S/C18H15Cl2FO3S/c19-14-4-2-13(3-5-14)18(9-10-18)8-7-16(22)12-1-6-17(15(21)11-12)25(20,23)24/h1-6,11H,7-10H2. The number of ketones is 1. The molecule has 0 bridgehead atoms. The molecular weight excluding hydrogens is 386 g/mol. The molecule has 25 heavy (non-hydrogen) atoms. The molecule has 0 N–H and O–H groups in total. The summed E-state index contributed by atoms with van der Waals surface area (Å²) in [5, 5.41) is 0.667. The number of halogens is 3. The average molecular weight is 401 g/mol. The van der Waals surface area contributed by atoms with E-state index in [0.29, 0.717) is 11.4 Å². The lowest BCUT2D eigenvalue weighted by Crippen LogP contribution is -2.10. The lowest BCUT2D eigenvalue weighted by Gasteiger charge is -2.15. The third-order valence-electron chi connectivity index (χ3n) is 4.66. The Morgan fingerprint density at radius 2 is 1.76 bits per heavy atom. The van der Waals surface area contributed by atoms with Gasteiger partial charge in [0.2, 0.25) is 0 Å². The molecule has 132 valence electrons. The maximum Gasteiger partial charge on any atom is 0.264 e. The van der Waals surface area contributed by atoms with Gasteiger partial charge in [-0.05, 0) is 60.6 Å². The van der Waals surface area contributed by atoms with Crippen LogP contribution in [0.3, 0.4) is 0 Å². The fourth-order valence-corrected chi connectivity index (χ4v) is 4.03. The molecule has 0 aliphatic heterocycles. The van der Waals surface area contributed by atoms with E-state index in [2.05, 4.69) is 0 Å². The van der Waals surface area contributed by atoms with Crippen molar-refractivity contribution < 1.29 is 17.6 Å². The molecule has 0 radical (unpaired) electrons. The lowest BCUT2D eigenvalue weighted by molar-refractivity contribution is 0.0975. The van der Waals surface area contributed by atoms with E-state index >= 15 is 0 Å². The van der Waals surface area contributed by atoms with Gasteiger partial charge in [-0.25, -0.2) is 12.8 Å². The molecule has 7 heteroatoms. The maximum absolute atomic E-state index is 13.9. The van der Waals surface area contributed by atoms with Gasteiger partial charge in [0.25, 0.3) is 9.05 Å². The van der Waals surface area contributed by atoms with Gasteiger partial charge in [-0.2, -0.15) is 0 Å². The monoisotopic (exact) mass is 400 g/mol. The van der Waals surface area contributed by atoms with Crippen LogP contribution in [-0.2, 0) is 14.5 Å². The van der Waals surface area contributed by atoms with E-state index < -0.39 is 19.8 Å². The van der Waals surface area contributed by atoms with Crippen molar-refractivity contribution in [3.05, 3.63) is 64.4 Å². The zero-order valence-electron chi connectivity index (χ0n) is 13.1. The highest BCUT2D eigenvalue weighted by Gasteiger charge is 2.43. The van der Waals surface area contributed by atoms with E-state index in [4.69, 9.17) is 22.3 Å². The second-order valence-electron chi connectivity index (χ2n) is 6.29. The summed E-state index contributed by atoms with van der Waals surface area (Å²) in [5.74, 6) is -1.24. The molecule has 1 fully saturated rings. The second kappa shape index (κ2) is 6.71. The Morgan fingerprint density at radius 3 is 2.28 bits per heavy atom. The van der Waals surface area contributed by atoms with Crippen LogP contribution in [0.5, 0.6) is 0 Å². The lowest BCUT2D eigenvalue weighted by atomic mass is 9.89. The number of hydrogen-bond donors (Lipinski definition) is 0. The SMILES string of the molecule is O=C(CCC1(c2ccc(Cl)cc2)CC1)c1ccc(S(=O)(=O)Cl)c(F)c1. The number of hydrogen-bond acceptors (Lipinski definition) is 3. The largest absolute Gasteiger partial charge is 0.294 e. The molecular formula is C18H15Cl2FO3S. The maximum atomic E-state index is 13.9. The molecule has 0 saturated heterocycles. The summed E-state index contributed by atoms with van der Waals surface area (Å²) in [7, 11) is 0.976. The van der Waals surface area contributed by atoms with Gasteiger partial charge in [-0.3, -0.25) is 4.79 Å². The highest BCUT2D eigenvalue weighted by atomic mass is 35.7. The number of Topliss-reactive ketones (excluding diaryl/α,β-unsaturated/α-hetero) is 1. The summed E-state index contributed by atoms with van der Waals surface area (Å²) in [6, 6.07) is 10.9. The Balaban J connectivity index is 1.71. The summed E-state index contributed by atoms with van der Waals surface area (Å²) in [4.78, 5) is 11.7. The molecule has 0 aromatic heterocycles. The van der Waals surface area contributed by atoms with Crippen LogP contribution in [-0.4, -0.2) is 14.2 Å². The van der Waals surface area contributed by atoms with Crippen LogP contribution in [0, 0.1) is 5.82 Å². The zero-order valence-corrected chi connectivity index (χ0v) is 15.5. The second-order valence-corrected chi connectivity index (χ2v) is 9.26. The van der Waals surface area contributed by atoms with Gasteiger partial charge in [-0.15, -0.1) is 0 Å². The topological polar surface area (TPSA) is 51.2 Å². The van der Waals surface area contributed by atoms with Crippen molar-refractivity contribution >= 4 is 37.1 Å². The van der Waals surface area contributed by atoms with Crippen LogP contribution in [0.25, 0.3) is 0 Å². The third kappa shape index (κ3) is 4.05. The molecule has 2 aromatic rings. The Morgan fingerprint density at radius 1 is 1.12 bits per heavy atom. The van der Waals surface area contributed by atoms with Crippen molar-refractivity contribution in [3.63, 3.8) is 0 Å². The first kappa shape index (κ1) is 18.4. The smallest absolute Gasteiger partial charge is 0.264 e. The summed E-state index contributed by atoms with van der Waals surface area (Å²) in [5.41, 5.74) is 1.28. The predicted octanol–water partition coefficient (Wildman–Crippen LogP) is 5.10. The van der Waals surface area contributed by atoms with Crippen molar-refractivity contribution in [1.29, 1.82) is 0 Å². The molecule has 2 aromatic carbocycles. The molecule has 3 nitrogen and oxygen atoms in total. The number of benzene rings is 2. The number of carbonyl (C=O) groups is 1. The molecule has 3 rings (SSSR count). The Hall–Kier alpha value is -1.43. The van der Waals surface area contributed by atoms with Crippen molar-refractivity contribution in [2.45, 2.75) is 36.0 Å². The van der Waals surface area contributed by atoms with Crippen molar-refractivity contribution in [1.82, 2.24) is 0 Å². The first-order valence-corrected chi connectivity index (χ1v) is 10.4. The van der Waals surface area contributed by atoms with Crippen LogP contribution >= 0.6 is 22.3 Å². The van der Waals surface area contributed by atoms with Crippen LogP contribution in [0.1, 0.15) is 41.6 Å². The van der Waals surface area contributed by atoms with E-state index in [0.717, 1.165) is 30.5 Å². The Kier molecular flexibility index (Phi) is 4.93.